The van der Waals surface area contributed by atoms with Crippen molar-refractivity contribution in [2.45, 2.75) is 25.2 Å². The molecule has 1 N–H and O–H groups in total. The quantitative estimate of drug-likeness (QED) is 0.906. The van der Waals surface area contributed by atoms with Crippen LogP contribution in [0.3, 0.4) is 0 Å². The zero-order chi connectivity index (χ0) is 16.3. The van der Waals surface area contributed by atoms with Gasteiger partial charge in [-0.15, -0.1) is 11.3 Å². The summed E-state index contributed by atoms with van der Waals surface area (Å²) in [5, 5.41) is 9.84. The van der Waals surface area contributed by atoms with Crippen molar-refractivity contribution in [3.8, 4) is 6.07 Å². The van der Waals surface area contributed by atoms with E-state index in [1.165, 1.54) is 23.5 Å². The highest BCUT2D eigenvalue weighted by molar-refractivity contribution is 7.89. The van der Waals surface area contributed by atoms with Crippen molar-refractivity contribution in [1.29, 1.82) is 5.26 Å². The Morgan fingerprint density at radius 1 is 1.41 bits per heavy atom. The summed E-state index contributed by atoms with van der Waals surface area (Å²) in [6, 6.07) is 5.12. The molecule has 0 aliphatic rings. The van der Waals surface area contributed by atoms with E-state index in [0.29, 0.717) is 6.42 Å². The molecule has 2 rings (SSSR count). The van der Waals surface area contributed by atoms with Crippen LogP contribution >= 0.6 is 11.3 Å². The van der Waals surface area contributed by atoms with Gasteiger partial charge in [-0.1, -0.05) is 6.07 Å². The lowest BCUT2D eigenvalue weighted by molar-refractivity contribution is 0.576. The van der Waals surface area contributed by atoms with Crippen LogP contribution in [-0.2, 0) is 16.4 Å². The third kappa shape index (κ3) is 3.50. The number of nitrogens with one attached hydrogen (secondary N) is 1. The van der Waals surface area contributed by atoms with E-state index in [0.717, 1.165) is 21.6 Å². The number of nitriles is 1. The number of thiazole rings is 1. The first-order valence-corrected chi connectivity index (χ1v) is 8.76. The maximum absolute atomic E-state index is 13.5. The lowest BCUT2D eigenvalue weighted by Gasteiger charge is -2.08. The van der Waals surface area contributed by atoms with Crippen LogP contribution < -0.4 is 4.72 Å². The van der Waals surface area contributed by atoms with Crippen molar-refractivity contribution in [3.05, 3.63) is 45.2 Å². The molecule has 0 aliphatic carbocycles. The zero-order valence-corrected chi connectivity index (χ0v) is 13.7. The Hall–Kier alpha value is -1.82. The molecule has 8 heteroatoms. The molecule has 5 nitrogen and oxygen atoms in total. The number of sulfonamides is 1. The molecule has 2 aromatic rings. The van der Waals surface area contributed by atoms with Gasteiger partial charge in [0.1, 0.15) is 22.3 Å². The number of halogens is 1. The molecule has 22 heavy (non-hydrogen) atoms. The van der Waals surface area contributed by atoms with Gasteiger partial charge < -0.3 is 0 Å². The van der Waals surface area contributed by atoms with E-state index in [-0.39, 0.29) is 11.4 Å². The van der Waals surface area contributed by atoms with Gasteiger partial charge in [0.25, 0.3) is 0 Å². The Balaban J connectivity index is 2.14. The maximum Gasteiger partial charge on any atom is 0.242 e. The summed E-state index contributed by atoms with van der Waals surface area (Å²) in [7, 11) is -3.93. The van der Waals surface area contributed by atoms with Gasteiger partial charge in [0.05, 0.1) is 10.7 Å². The predicted octanol–water partition coefficient (Wildman–Crippen LogP) is 2.29. The monoisotopic (exact) mass is 339 g/mol. The summed E-state index contributed by atoms with van der Waals surface area (Å²) in [6.45, 7) is 3.91. The van der Waals surface area contributed by atoms with Crippen LogP contribution in [0, 0.1) is 31.0 Å². The normalized spacial score (nSPS) is 11.4. The molecule has 1 aromatic carbocycles. The Morgan fingerprint density at radius 3 is 2.73 bits per heavy atom. The van der Waals surface area contributed by atoms with Crippen molar-refractivity contribution >= 4 is 21.4 Å². The van der Waals surface area contributed by atoms with E-state index >= 15 is 0 Å². The van der Waals surface area contributed by atoms with Crippen molar-refractivity contribution in [2.24, 2.45) is 0 Å². The van der Waals surface area contributed by atoms with Gasteiger partial charge in [0.2, 0.25) is 10.0 Å². The molecule has 0 fully saturated rings. The maximum atomic E-state index is 13.5. The number of hydrogen-bond donors (Lipinski definition) is 1. The topological polar surface area (TPSA) is 82.8 Å². The summed E-state index contributed by atoms with van der Waals surface area (Å²) in [5.41, 5.74) is 0.407. The second kappa shape index (κ2) is 6.52. The predicted molar refractivity (Wildman–Crippen MR) is 81.6 cm³/mol. The smallest absolute Gasteiger partial charge is 0.242 e. The molecule has 0 spiro atoms. The lowest BCUT2D eigenvalue weighted by atomic mass is 10.2. The van der Waals surface area contributed by atoms with Crippen molar-refractivity contribution in [1.82, 2.24) is 9.71 Å². The molecule has 0 aliphatic heterocycles. The van der Waals surface area contributed by atoms with Crippen LogP contribution in [0.2, 0.25) is 0 Å². The minimum Gasteiger partial charge on any atom is -0.247 e. The van der Waals surface area contributed by atoms with Crippen LogP contribution in [-0.4, -0.2) is 19.9 Å². The average Bonchev–Trinajstić information content (AvgIpc) is 2.76. The molecule has 1 aromatic heterocycles. The fraction of sp³-hybridized carbons (Fsp3) is 0.286. The molecule has 1 heterocycles. The summed E-state index contributed by atoms with van der Waals surface area (Å²) >= 11 is 1.51. The second-order valence-corrected chi connectivity index (χ2v) is 7.64. The van der Waals surface area contributed by atoms with E-state index in [1.807, 2.05) is 13.8 Å². The first-order valence-electron chi connectivity index (χ1n) is 6.46. The van der Waals surface area contributed by atoms with Crippen LogP contribution in [0.1, 0.15) is 21.1 Å². The van der Waals surface area contributed by atoms with Gasteiger partial charge in [0, 0.05) is 11.4 Å². The summed E-state index contributed by atoms with van der Waals surface area (Å²) in [4.78, 5) is 4.93. The number of hydrogen-bond acceptors (Lipinski definition) is 5. The van der Waals surface area contributed by atoms with E-state index in [1.54, 1.807) is 6.07 Å². The van der Waals surface area contributed by atoms with Gasteiger partial charge in [-0.3, -0.25) is 0 Å². The van der Waals surface area contributed by atoms with E-state index < -0.39 is 21.4 Å². The lowest BCUT2D eigenvalue weighted by Crippen LogP contribution is -2.27. The van der Waals surface area contributed by atoms with Crippen LogP contribution in [0.25, 0.3) is 0 Å². The number of benzene rings is 1. The first-order chi connectivity index (χ1) is 10.3. The average molecular weight is 339 g/mol. The van der Waals surface area contributed by atoms with E-state index in [9.17, 15) is 12.8 Å². The molecule has 0 bridgehead atoms. The SMILES string of the molecule is Cc1nc(C)c(CCNS(=O)(=O)c2cccc(F)c2C#N)s1. The Morgan fingerprint density at radius 2 is 2.14 bits per heavy atom. The highest BCUT2D eigenvalue weighted by Crippen LogP contribution is 2.19. The van der Waals surface area contributed by atoms with Gasteiger partial charge in [-0.05, 0) is 32.4 Å². The first kappa shape index (κ1) is 16.5. The van der Waals surface area contributed by atoms with Gasteiger partial charge >= 0.3 is 0 Å². The molecule has 0 saturated carbocycles. The highest BCUT2D eigenvalue weighted by atomic mass is 32.2. The summed E-state index contributed by atoms with van der Waals surface area (Å²) in [6.07, 6.45) is 0.494. The minimum atomic E-state index is -3.93. The molecule has 0 amide bonds. The standard InChI is InChI=1S/C14H14FN3O2S2/c1-9-13(21-10(2)18-9)6-7-17-22(19,20)14-5-3-4-12(15)11(14)8-16/h3-5,17H,6-7H2,1-2H3. The van der Waals surface area contributed by atoms with Crippen LogP contribution in [0.4, 0.5) is 4.39 Å². The number of nitrogens with zero attached hydrogens (tertiary/aromatic N) is 2. The molecule has 0 radical (unpaired) electrons. The van der Waals surface area contributed by atoms with E-state index in [2.05, 4.69) is 9.71 Å². The number of aromatic nitrogens is 1. The highest BCUT2D eigenvalue weighted by Gasteiger charge is 2.20. The number of rotatable bonds is 5. The molecular formula is C14H14FN3O2S2. The van der Waals surface area contributed by atoms with Crippen LogP contribution in [0.15, 0.2) is 23.1 Å². The Labute approximate surface area is 132 Å². The zero-order valence-electron chi connectivity index (χ0n) is 12.1. The van der Waals surface area contributed by atoms with Gasteiger partial charge in [-0.25, -0.2) is 22.5 Å². The molecule has 0 unspecified atom stereocenters. The molecule has 0 atom stereocenters. The van der Waals surface area contributed by atoms with Crippen molar-refractivity contribution in [2.75, 3.05) is 6.54 Å². The van der Waals surface area contributed by atoms with Crippen LogP contribution in [0.5, 0.6) is 0 Å². The minimum absolute atomic E-state index is 0.159. The Bertz CT molecular complexity index is 838. The molecule has 0 saturated heterocycles. The summed E-state index contributed by atoms with van der Waals surface area (Å²) in [5.74, 6) is -0.848. The summed E-state index contributed by atoms with van der Waals surface area (Å²) < 4.78 is 40.3. The third-order valence-electron chi connectivity index (χ3n) is 3.02. The fourth-order valence-electron chi connectivity index (χ4n) is 2.02. The Kier molecular flexibility index (Phi) is 4.90. The van der Waals surface area contributed by atoms with E-state index in [4.69, 9.17) is 5.26 Å². The van der Waals surface area contributed by atoms with Gasteiger partial charge in [-0.2, -0.15) is 5.26 Å². The largest absolute Gasteiger partial charge is 0.247 e. The number of aryl methyl sites for hydroxylation is 2. The fourth-order valence-corrected chi connectivity index (χ4v) is 4.15. The van der Waals surface area contributed by atoms with Gasteiger partial charge in [0.15, 0.2) is 0 Å². The second-order valence-electron chi connectivity index (χ2n) is 4.61. The molecular weight excluding hydrogens is 325 g/mol. The van der Waals surface area contributed by atoms with Crippen molar-refractivity contribution < 1.29 is 12.8 Å². The van der Waals surface area contributed by atoms with Crippen molar-refractivity contribution in [3.63, 3.8) is 0 Å². The third-order valence-corrected chi connectivity index (χ3v) is 5.66. The molecule has 116 valence electrons.